The molecule has 1 aromatic rings. The molecule has 0 aliphatic heterocycles. The first kappa shape index (κ1) is 9.70. The van der Waals surface area contributed by atoms with Gasteiger partial charge in [-0.2, -0.15) is 0 Å². The highest BCUT2D eigenvalue weighted by Crippen LogP contribution is 2.26. The summed E-state index contributed by atoms with van der Waals surface area (Å²) in [5.41, 5.74) is 0.0280. The highest BCUT2D eigenvalue weighted by Gasteiger charge is 2.08. The van der Waals surface area contributed by atoms with Crippen LogP contribution in [0.1, 0.15) is 12.0 Å². The van der Waals surface area contributed by atoms with Crippen LogP contribution in [0.3, 0.4) is 0 Å². The Morgan fingerprint density at radius 2 is 2.08 bits per heavy atom. The van der Waals surface area contributed by atoms with Gasteiger partial charge >= 0.3 is 0 Å². The molecule has 1 nitrogen and oxygen atoms in total. The highest BCUT2D eigenvalue weighted by atomic mass is 127. The molecule has 0 atom stereocenters. The van der Waals surface area contributed by atoms with Gasteiger partial charge in [-0.05, 0) is 40.8 Å². The van der Waals surface area contributed by atoms with Crippen LogP contribution in [0.5, 0.6) is 5.75 Å². The third-order valence-corrected chi connectivity index (χ3v) is 2.27. The predicted octanol–water partition coefficient (Wildman–Crippen LogP) is 3.24. The second kappa shape index (κ2) is 4.02. The summed E-state index contributed by atoms with van der Waals surface area (Å²) >= 11 is 1.96. The van der Waals surface area contributed by atoms with Crippen LogP contribution in [0, 0.1) is 3.57 Å². The van der Waals surface area contributed by atoms with Gasteiger partial charge in [-0.15, -0.1) is 0 Å². The Balaban J connectivity index is 3.02. The van der Waals surface area contributed by atoms with Crippen LogP contribution in [0.4, 0.5) is 8.78 Å². The molecule has 12 heavy (non-hydrogen) atoms. The Kier molecular flexibility index (Phi) is 3.25. The number of rotatable bonds is 2. The molecule has 0 radical (unpaired) electrons. The van der Waals surface area contributed by atoms with Gasteiger partial charge in [0.2, 0.25) is 0 Å². The Morgan fingerprint density at radius 3 is 2.50 bits per heavy atom. The topological polar surface area (TPSA) is 9.23 Å². The van der Waals surface area contributed by atoms with Crippen molar-refractivity contribution in [3.05, 3.63) is 27.3 Å². The summed E-state index contributed by atoms with van der Waals surface area (Å²) in [5, 5.41) is 0. The number of hydrogen-bond acceptors (Lipinski definition) is 1. The average molecular weight is 284 g/mol. The molecule has 1 aromatic carbocycles. The molecule has 0 saturated heterocycles. The maximum Gasteiger partial charge on any atom is 0.263 e. The smallest absolute Gasteiger partial charge is 0.263 e. The zero-order valence-corrected chi connectivity index (χ0v) is 8.51. The zero-order chi connectivity index (χ0) is 9.14. The van der Waals surface area contributed by atoms with Crippen LogP contribution in [-0.2, 0) is 0 Å². The fourth-order valence-electron chi connectivity index (χ4n) is 0.818. The minimum Gasteiger partial charge on any atom is -0.496 e. The van der Waals surface area contributed by atoms with Crippen molar-refractivity contribution in [2.24, 2.45) is 0 Å². The van der Waals surface area contributed by atoms with Gasteiger partial charge in [0.1, 0.15) is 5.75 Å². The summed E-state index contributed by atoms with van der Waals surface area (Å²) < 4.78 is 29.9. The van der Waals surface area contributed by atoms with Crippen LogP contribution in [-0.4, -0.2) is 7.11 Å². The average Bonchev–Trinajstić information content (AvgIpc) is 2.04. The summed E-state index contributed by atoms with van der Waals surface area (Å²) in [7, 11) is 1.51. The second-order valence-corrected chi connectivity index (χ2v) is 3.36. The lowest BCUT2D eigenvalue weighted by molar-refractivity contribution is 0.151. The predicted molar refractivity (Wildman–Crippen MR) is 50.7 cm³/mol. The van der Waals surface area contributed by atoms with Gasteiger partial charge in [0, 0.05) is 5.56 Å². The van der Waals surface area contributed by atoms with E-state index in [-0.39, 0.29) is 5.56 Å². The van der Waals surface area contributed by atoms with Gasteiger partial charge in [-0.3, -0.25) is 0 Å². The molecule has 0 N–H and O–H groups in total. The van der Waals surface area contributed by atoms with Gasteiger partial charge in [0.05, 0.1) is 10.7 Å². The SMILES string of the molecule is COc1ccc(C(F)F)cc1I. The molecule has 0 saturated carbocycles. The maximum absolute atomic E-state index is 12.1. The Labute approximate surface area is 82.9 Å². The highest BCUT2D eigenvalue weighted by molar-refractivity contribution is 14.1. The number of benzene rings is 1. The molecule has 0 unspecified atom stereocenters. The summed E-state index contributed by atoms with van der Waals surface area (Å²) in [6, 6.07) is 4.33. The fourth-order valence-corrected chi connectivity index (χ4v) is 1.58. The van der Waals surface area contributed by atoms with Crippen molar-refractivity contribution in [1.82, 2.24) is 0 Å². The van der Waals surface area contributed by atoms with Crippen LogP contribution in [0.15, 0.2) is 18.2 Å². The van der Waals surface area contributed by atoms with E-state index in [1.807, 2.05) is 22.6 Å². The third-order valence-electron chi connectivity index (χ3n) is 1.43. The lowest BCUT2D eigenvalue weighted by Gasteiger charge is -2.04. The molecular formula is C8H7F2IO. The Morgan fingerprint density at radius 1 is 1.42 bits per heavy atom. The normalized spacial score (nSPS) is 10.4. The van der Waals surface area contributed by atoms with E-state index < -0.39 is 6.43 Å². The summed E-state index contributed by atoms with van der Waals surface area (Å²) in [6.45, 7) is 0. The lowest BCUT2D eigenvalue weighted by Crippen LogP contribution is -1.90. The summed E-state index contributed by atoms with van der Waals surface area (Å²) in [6.07, 6.45) is -2.41. The second-order valence-electron chi connectivity index (χ2n) is 2.19. The van der Waals surface area contributed by atoms with Gasteiger partial charge < -0.3 is 4.74 Å². The van der Waals surface area contributed by atoms with Crippen molar-refractivity contribution < 1.29 is 13.5 Å². The molecular weight excluding hydrogens is 277 g/mol. The van der Waals surface area contributed by atoms with E-state index in [1.165, 1.54) is 19.2 Å². The number of ether oxygens (including phenoxy) is 1. The first-order valence-corrected chi connectivity index (χ1v) is 4.34. The summed E-state index contributed by atoms with van der Waals surface area (Å²) in [4.78, 5) is 0. The maximum atomic E-state index is 12.1. The van der Waals surface area contributed by atoms with Gasteiger partial charge in [-0.1, -0.05) is 0 Å². The lowest BCUT2D eigenvalue weighted by atomic mass is 10.2. The molecule has 0 fully saturated rings. The molecule has 0 aliphatic carbocycles. The fraction of sp³-hybridized carbons (Fsp3) is 0.250. The number of hydrogen-bond donors (Lipinski definition) is 0. The minimum atomic E-state index is -2.41. The van der Waals surface area contributed by atoms with E-state index in [4.69, 9.17) is 4.74 Å². The number of alkyl halides is 2. The minimum absolute atomic E-state index is 0.0280. The largest absolute Gasteiger partial charge is 0.496 e. The molecule has 0 bridgehead atoms. The molecule has 0 spiro atoms. The first-order chi connectivity index (χ1) is 5.65. The third kappa shape index (κ3) is 2.06. The quantitative estimate of drug-likeness (QED) is 0.757. The molecule has 0 aliphatic rings. The number of halogens is 3. The number of methoxy groups -OCH3 is 1. The van der Waals surface area contributed by atoms with E-state index >= 15 is 0 Å². The van der Waals surface area contributed by atoms with Crippen molar-refractivity contribution in [1.29, 1.82) is 0 Å². The van der Waals surface area contributed by atoms with Crippen LogP contribution < -0.4 is 4.74 Å². The molecule has 0 heterocycles. The molecule has 0 amide bonds. The first-order valence-electron chi connectivity index (χ1n) is 3.26. The van der Waals surface area contributed by atoms with Crippen molar-refractivity contribution in [2.45, 2.75) is 6.43 Å². The van der Waals surface area contributed by atoms with Crippen molar-refractivity contribution in [3.8, 4) is 5.75 Å². The van der Waals surface area contributed by atoms with Gasteiger partial charge in [0.25, 0.3) is 6.43 Å². The van der Waals surface area contributed by atoms with Crippen LogP contribution in [0.2, 0.25) is 0 Å². The van der Waals surface area contributed by atoms with Gasteiger partial charge in [0.15, 0.2) is 0 Å². The van der Waals surface area contributed by atoms with Crippen LogP contribution in [0.25, 0.3) is 0 Å². The molecule has 66 valence electrons. The van der Waals surface area contributed by atoms with E-state index in [1.54, 1.807) is 6.07 Å². The summed E-state index contributed by atoms with van der Waals surface area (Å²) in [5.74, 6) is 0.625. The van der Waals surface area contributed by atoms with E-state index in [0.29, 0.717) is 9.32 Å². The van der Waals surface area contributed by atoms with Crippen molar-refractivity contribution in [2.75, 3.05) is 7.11 Å². The van der Waals surface area contributed by atoms with E-state index in [2.05, 4.69) is 0 Å². The van der Waals surface area contributed by atoms with E-state index in [0.717, 1.165) is 0 Å². The molecule has 1 rings (SSSR count). The van der Waals surface area contributed by atoms with Crippen molar-refractivity contribution >= 4 is 22.6 Å². The standard InChI is InChI=1S/C8H7F2IO/c1-12-7-3-2-5(8(9)10)4-6(7)11/h2-4,8H,1H3. The molecule has 4 heteroatoms. The van der Waals surface area contributed by atoms with Gasteiger partial charge in [-0.25, -0.2) is 8.78 Å². The van der Waals surface area contributed by atoms with E-state index in [9.17, 15) is 8.78 Å². The van der Waals surface area contributed by atoms with Crippen LogP contribution >= 0.6 is 22.6 Å². The van der Waals surface area contributed by atoms with Crippen molar-refractivity contribution in [3.63, 3.8) is 0 Å². The molecule has 0 aromatic heterocycles. The monoisotopic (exact) mass is 284 g/mol. The Bertz CT molecular complexity index is 276. The Hall–Kier alpha value is -0.390. The zero-order valence-electron chi connectivity index (χ0n) is 6.35.